The number of ether oxygens (including phenoxy) is 3. The van der Waals surface area contributed by atoms with Gasteiger partial charge in [0.15, 0.2) is 0 Å². The zero-order chi connectivity index (χ0) is 54.5. The molecular weight excluding hydrogens is 925 g/mol. The van der Waals surface area contributed by atoms with Crippen molar-refractivity contribution in [3.05, 3.63) is 34.9 Å². The van der Waals surface area contributed by atoms with Crippen LogP contribution < -0.4 is 0 Å². The molecule has 0 aliphatic heterocycles. The molecule has 0 saturated carbocycles. The molecule has 3 atom stereocenters. The van der Waals surface area contributed by atoms with Gasteiger partial charge < -0.3 is 14.2 Å². The molecule has 0 aromatic heterocycles. The van der Waals surface area contributed by atoms with Gasteiger partial charge in [0.05, 0.1) is 36.5 Å². The first kappa shape index (κ1) is 70.6. The number of carbonyl (C=O) groups excluding carboxylic acids is 3. The third-order valence-corrected chi connectivity index (χ3v) is 16.3. The average Bonchev–Trinajstić information content (AvgIpc) is 3.42. The van der Waals surface area contributed by atoms with E-state index in [4.69, 9.17) is 14.2 Å². The Morgan fingerprint density at radius 3 is 0.747 bits per heavy atom. The average molecular weight is 1050 g/mol. The fourth-order valence-electron chi connectivity index (χ4n) is 11.1. The lowest BCUT2D eigenvalue weighted by Crippen LogP contribution is -2.21. The van der Waals surface area contributed by atoms with E-state index in [1.165, 1.54) is 231 Å². The summed E-state index contributed by atoms with van der Waals surface area (Å²) in [5, 5.41) is 0. The predicted octanol–water partition coefficient (Wildman–Crippen LogP) is 22.8. The standard InChI is InChI=1S/C69H126O6/c1-7-13-19-25-31-34-40-46-50-61(49-43-37-28-22-16-10-4)58-73-67(70)64-55-56-65(68(71)74-59-62(51-44-38-29-23-17-11-5)53-47-41-35-32-26-20-14-8-2)66(57-64)69(72)75-60-63(52-45-39-30-24-18-12-6)54-48-42-36-33-27-21-15-9-3/h55-57,61-63H,7-54,58-60H2,1-6H3. The molecule has 0 aliphatic carbocycles. The molecule has 0 saturated heterocycles. The van der Waals surface area contributed by atoms with Gasteiger partial charge in [0, 0.05) is 0 Å². The van der Waals surface area contributed by atoms with Crippen molar-refractivity contribution in [1.29, 1.82) is 0 Å². The van der Waals surface area contributed by atoms with Crippen LogP contribution in [0.1, 0.15) is 381 Å². The van der Waals surface area contributed by atoms with Crippen LogP contribution >= 0.6 is 0 Å². The smallest absolute Gasteiger partial charge is 0.339 e. The van der Waals surface area contributed by atoms with E-state index in [0.29, 0.717) is 37.2 Å². The van der Waals surface area contributed by atoms with E-state index in [1.807, 2.05) is 0 Å². The first-order valence-corrected chi connectivity index (χ1v) is 33.5. The Morgan fingerprint density at radius 1 is 0.280 bits per heavy atom. The van der Waals surface area contributed by atoms with Gasteiger partial charge in [-0.2, -0.15) is 0 Å². The van der Waals surface area contributed by atoms with Gasteiger partial charge in [-0.25, -0.2) is 14.4 Å². The molecule has 0 heterocycles. The number of rotatable bonds is 57. The molecule has 0 spiro atoms. The van der Waals surface area contributed by atoms with Gasteiger partial charge in [-0.05, 0) is 74.5 Å². The van der Waals surface area contributed by atoms with E-state index in [2.05, 4.69) is 41.5 Å². The van der Waals surface area contributed by atoms with E-state index < -0.39 is 17.9 Å². The van der Waals surface area contributed by atoms with Gasteiger partial charge in [-0.3, -0.25) is 0 Å². The molecule has 0 bridgehead atoms. The van der Waals surface area contributed by atoms with Gasteiger partial charge >= 0.3 is 17.9 Å². The number of hydrogen-bond acceptors (Lipinski definition) is 6. The van der Waals surface area contributed by atoms with Crippen LogP contribution in [0.4, 0.5) is 0 Å². The first-order valence-electron chi connectivity index (χ1n) is 33.5. The third-order valence-electron chi connectivity index (χ3n) is 16.3. The van der Waals surface area contributed by atoms with Crippen LogP contribution in [0.3, 0.4) is 0 Å². The first-order chi connectivity index (χ1) is 36.8. The van der Waals surface area contributed by atoms with Crippen molar-refractivity contribution in [2.45, 2.75) is 350 Å². The maximum absolute atomic E-state index is 14.4. The minimum atomic E-state index is -0.543. The van der Waals surface area contributed by atoms with E-state index in [1.54, 1.807) is 18.2 Å². The highest BCUT2D eigenvalue weighted by Crippen LogP contribution is 2.26. The molecule has 0 radical (unpaired) electrons. The maximum Gasteiger partial charge on any atom is 0.339 e. The Balaban J connectivity index is 3.32. The molecular formula is C69H126O6. The van der Waals surface area contributed by atoms with Crippen molar-refractivity contribution in [2.75, 3.05) is 19.8 Å². The minimum Gasteiger partial charge on any atom is -0.462 e. The number of carbonyl (C=O) groups is 3. The normalized spacial score (nSPS) is 12.7. The van der Waals surface area contributed by atoms with Gasteiger partial charge in [0.25, 0.3) is 0 Å². The summed E-state index contributed by atoms with van der Waals surface area (Å²) in [6, 6.07) is 4.85. The molecule has 6 nitrogen and oxygen atoms in total. The Bertz CT molecular complexity index is 1420. The molecule has 1 aromatic rings. The van der Waals surface area contributed by atoms with Crippen LogP contribution in [0, 0.1) is 17.8 Å². The molecule has 0 N–H and O–H groups in total. The van der Waals surface area contributed by atoms with Crippen molar-refractivity contribution < 1.29 is 28.6 Å². The van der Waals surface area contributed by atoms with Crippen molar-refractivity contribution in [3.8, 4) is 0 Å². The highest BCUT2D eigenvalue weighted by Gasteiger charge is 2.25. The SMILES string of the molecule is CCCCCCCCCCC(CCCCCCCC)COC(=O)c1ccc(C(=O)OCC(CCCCCCCC)CCCCCCCCCC)c(C(=O)OCC(CCCCCCCC)CCCCCCCCCC)c1. The monoisotopic (exact) mass is 1050 g/mol. The summed E-state index contributed by atoms with van der Waals surface area (Å²) in [5.41, 5.74) is 0.605. The van der Waals surface area contributed by atoms with Gasteiger partial charge in [0.2, 0.25) is 0 Å². The number of esters is 3. The molecule has 438 valence electrons. The van der Waals surface area contributed by atoms with E-state index in [-0.39, 0.29) is 17.0 Å². The van der Waals surface area contributed by atoms with Gasteiger partial charge in [0.1, 0.15) is 0 Å². The lowest BCUT2D eigenvalue weighted by atomic mass is 9.94. The highest BCUT2D eigenvalue weighted by molar-refractivity contribution is 6.05. The second-order valence-electron chi connectivity index (χ2n) is 23.6. The summed E-state index contributed by atoms with van der Waals surface area (Å²) in [7, 11) is 0. The van der Waals surface area contributed by atoms with Crippen LogP contribution in [-0.2, 0) is 14.2 Å². The molecule has 0 fully saturated rings. The quantitative estimate of drug-likeness (QED) is 0.0367. The lowest BCUT2D eigenvalue weighted by Gasteiger charge is -2.20. The minimum absolute atomic E-state index is 0.123. The van der Waals surface area contributed by atoms with Crippen molar-refractivity contribution in [3.63, 3.8) is 0 Å². The number of benzene rings is 1. The molecule has 75 heavy (non-hydrogen) atoms. The largest absolute Gasteiger partial charge is 0.462 e. The van der Waals surface area contributed by atoms with Crippen LogP contribution in [0.15, 0.2) is 18.2 Å². The lowest BCUT2D eigenvalue weighted by molar-refractivity contribution is 0.0373. The molecule has 1 aromatic carbocycles. The second kappa shape index (κ2) is 53.6. The maximum atomic E-state index is 14.4. The zero-order valence-corrected chi connectivity index (χ0v) is 51.0. The fraction of sp³-hybridized carbons (Fsp3) is 0.870. The molecule has 1 rings (SSSR count). The van der Waals surface area contributed by atoms with Crippen molar-refractivity contribution in [1.82, 2.24) is 0 Å². The topological polar surface area (TPSA) is 78.9 Å². The van der Waals surface area contributed by atoms with Gasteiger partial charge in [-0.1, -0.05) is 311 Å². The summed E-state index contributed by atoms with van der Waals surface area (Å²) in [4.78, 5) is 42.7. The second-order valence-corrected chi connectivity index (χ2v) is 23.6. The van der Waals surface area contributed by atoms with Crippen molar-refractivity contribution >= 4 is 17.9 Å². The third kappa shape index (κ3) is 41.4. The Morgan fingerprint density at radius 2 is 0.493 bits per heavy atom. The molecule has 0 aliphatic rings. The van der Waals surface area contributed by atoms with E-state index >= 15 is 0 Å². The van der Waals surface area contributed by atoms with E-state index in [9.17, 15) is 14.4 Å². The summed E-state index contributed by atoms with van der Waals surface area (Å²) in [6.07, 6.45) is 59.3. The van der Waals surface area contributed by atoms with Gasteiger partial charge in [-0.15, -0.1) is 0 Å². The van der Waals surface area contributed by atoms with Crippen LogP contribution in [0.5, 0.6) is 0 Å². The summed E-state index contributed by atoms with van der Waals surface area (Å²) in [5.74, 6) is -0.602. The van der Waals surface area contributed by atoms with E-state index in [0.717, 1.165) is 77.0 Å². The van der Waals surface area contributed by atoms with Crippen LogP contribution in [0.25, 0.3) is 0 Å². The number of hydrogen-bond donors (Lipinski definition) is 0. The molecule has 0 amide bonds. The fourth-order valence-corrected chi connectivity index (χ4v) is 11.1. The molecule has 6 heteroatoms. The number of unbranched alkanes of at least 4 members (excludes halogenated alkanes) is 36. The van der Waals surface area contributed by atoms with Crippen molar-refractivity contribution in [2.24, 2.45) is 17.8 Å². The Labute approximate surface area is 466 Å². The Hall–Kier alpha value is -2.37. The van der Waals surface area contributed by atoms with Crippen LogP contribution in [-0.4, -0.2) is 37.7 Å². The predicted molar refractivity (Wildman–Crippen MR) is 323 cm³/mol. The summed E-state index contributed by atoms with van der Waals surface area (Å²) < 4.78 is 18.6. The van der Waals surface area contributed by atoms with Crippen LogP contribution in [0.2, 0.25) is 0 Å². The Kier molecular flexibility index (Phi) is 50.5. The highest BCUT2D eigenvalue weighted by atomic mass is 16.5. The zero-order valence-electron chi connectivity index (χ0n) is 51.0. The summed E-state index contributed by atoms with van der Waals surface area (Å²) >= 11 is 0. The summed E-state index contributed by atoms with van der Waals surface area (Å²) in [6.45, 7) is 14.7. The molecule has 3 unspecified atom stereocenters.